The van der Waals surface area contributed by atoms with Crippen molar-refractivity contribution < 1.29 is 9.53 Å². The van der Waals surface area contributed by atoms with E-state index in [9.17, 15) is 4.79 Å². The van der Waals surface area contributed by atoms with Crippen LogP contribution in [0, 0.1) is 0 Å². The third-order valence-corrected chi connectivity index (χ3v) is 3.28. The van der Waals surface area contributed by atoms with Crippen molar-refractivity contribution in [2.45, 2.75) is 6.92 Å². The fourth-order valence-corrected chi connectivity index (χ4v) is 2.26. The first-order chi connectivity index (χ1) is 10.8. The first-order valence-electron chi connectivity index (χ1n) is 7.18. The highest BCUT2D eigenvalue weighted by Crippen LogP contribution is 2.27. The summed E-state index contributed by atoms with van der Waals surface area (Å²) in [5.41, 5.74) is 3.30. The van der Waals surface area contributed by atoms with E-state index in [1.165, 1.54) is 0 Å². The molecule has 5 nitrogen and oxygen atoms in total. The SMILES string of the molecule is CCOCC(=O)Nc1ccccc1-c1cn2ccccc2n1. The average Bonchev–Trinajstić information content (AvgIpc) is 2.97. The Hall–Kier alpha value is -2.66. The van der Waals surface area contributed by atoms with Crippen LogP contribution < -0.4 is 5.32 Å². The van der Waals surface area contributed by atoms with E-state index in [0.717, 1.165) is 22.6 Å². The maximum Gasteiger partial charge on any atom is 0.250 e. The van der Waals surface area contributed by atoms with Crippen LogP contribution in [-0.4, -0.2) is 28.5 Å². The molecular weight excluding hydrogens is 278 g/mol. The fraction of sp³-hybridized carbons (Fsp3) is 0.176. The van der Waals surface area contributed by atoms with Crippen molar-refractivity contribution in [1.29, 1.82) is 0 Å². The number of para-hydroxylation sites is 1. The maximum atomic E-state index is 11.9. The molecule has 0 aliphatic carbocycles. The van der Waals surface area contributed by atoms with Crippen molar-refractivity contribution >= 4 is 17.2 Å². The van der Waals surface area contributed by atoms with E-state index in [4.69, 9.17) is 4.74 Å². The predicted molar refractivity (Wildman–Crippen MR) is 85.8 cm³/mol. The van der Waals surface area contributed by atoms with Crippen LogP contribution in [0.1, 0.15) is 6.92 Å². The second-order valence-electron chi connectivity index (χ2n) is 4.82. The van der Waals surface area contributed by atoms with Crippen LogP contribution in [0.4, 0.5) is 5.69 Å². The third kappa shape index (κ3) is 2.99. The van der Waals surface area contributed by atoms with E-state index in [1.54, 1.807) is 0 Å². The summed E-state index contributed by atoms with van der Waals surface area (Å²) in [5, 5.41) is 2.87. The van der Waals surface area contributed by atoms with Crippen LogP contribution in [0.15, 0.2) is 54.9 Å². The van der Waals surface area contributed by atoms with Gasteiger partial charge in [-0.15, -0.1) is 0 Å². The number of fused-ring (bicyclic) bond motifs is 1. The minimum Gasteiger partial charge on any atom is -0.372 e. The Morgan fingerprint density at radius 1 is 1.23 bits per heavy atom. The number of rotatable bonds is 5. The second-order valence-corrected chi connectivity index (χ2v) is 4.82. The van der Waals surface area contributed by atoms with Gasteiger partial charge in [0, 0.05) is 24.6 Å². The number of aromatic nitrogens is 2. The highest BCUT2D eigenvalue weighted by Gasteiger charge is 2.11. The molecule has 2 aromatic heterocycles. The lowest BCUT2D eigenvalue weighted by Gasteiger charge is -2.09. The van der Waals surface area contributed by atoms with Crippen molar-refractivity contribution in [3.8, 4) is 11.3 Å². The molecular formula is C17H17N3O2. The first-order valence-corrected chi connectivity index (χ1v) is 7.18. The second kappa shape index (κ2) is 6.41. The summed E-state index contributed by atoms with van der Waals surface area (Å²) in [6, 6.07) is 13.5. The molecule has 0 fully saturated rings. The van der Waals surface area contributed by atoms with Gasteiger partial charge in [0.2, 0.25) is 5.91 Å². The van der Waals surface area contributed by atoms with Gasteiger partial charge in [-0.3, -0.25) is 4.79 Å². The molecule has 1 N–H and O–H groups in total. The Kier molecular flexibility index (Phi) is 4.16. The van der Waals surface area contributed by atoms with Crippen molar-refractivity contribution in [3.05, 3.63) is 54.9 Å². The molecule has 112 valence electrons. The van der Waals surface area contributed by atoms with Gasteiger partial charge < -0.3 is 14.5 Å². The smallest absolute Gasteiger partial charge is 0.250 e. The molecule has 0 saturated heterocycles. The summed E-state index contributed by atoms with van der Waals surface area (Å²) in [7, 11) is 0. The molecule has 5 heteroatoms. The van der Waals surface area contributed by atoms with Gasteiger partial charge in [0.15, 0.2) is 0 Å². The highest BCUT2D eigenvalue weighted by atomic mass is 16.5. The van der Waals surface area contributed by atoms with Crippen LogP contribution in [-0.2, 0) is 9.53 Å². The molecule has 2 heterocycles. The number of benzene rings is 1. The molecule has 0 saturated carbocycles. The summed E-state index contributed by atoms with van der Waals surface area (Å²) in [6.07, 6.45) is 3.89. The van der Waals surface area contributed by atoms with E-state index in [2.05, 4.69) is 10.3 Å². The first kappa shape index (κ1) is 14.3. The topological polar surface area (TPSA) is 55.6 Å². The van der Waals surface area contributed by atoms with Crippen molar-refractivity contribution in [2.75, 3.05) is 18.5 Å². The average molecular weight is 295 g/mol. The molecule has 0 aliphatic rings. The van der Waals surface area contributed by atoms with Crippen LogP contribution in [0.3, 0.4) is 0 Å². The van der Waals surface area contributed by atoms with Gasteiger partial charge in [-0.05, 0) is 25.1 Å². The molecule has 0 aliphatic heterocycles. The summed E-state index contributed by atoms with van der Waals surface area (Å²) in [6.45, 7) is 2.43. The van der Waals surface area contributed by atoms with Gasteiger partial charge >= 0.3 is 0 Å². The number of amides is 1. The van der Waals surface area contributed by atoms with Crippen LogP contribution >= 0.6 is 0 Å². The molecule has 0 radical (unpaired) electrons. The number of hydrogen-bond donors (Lipinski definition) is 1. The number of anilines is 1. The molecule has 22 heavy (non-hydrogen) atoms. The minimum atomic E-state index is -0.168. The van der Waals surface area contributed by atoms with E-state index in [-0.39, 0.29) is 12.5 Å². The lowest BCUT2D eigenvalue weighted by atomic mass is 10.1. The normalized spacial score (nSPS) is 10.8. The molecule has 1 aromatic carbocycles. The number of nitrogens with zero attached hydrogens (tertiary/aromatic N) is 2. The number of hydrogen-bond acceptors (Lipinski definition) is 3. The van der Waals surface area contributed by atoms with E-state index in [0.29, 0.717) is 6.61 Å². The van der Waals surface area contributed by atoms with Crippen LogP contribution in [0.25, 0.3) is 16.9 Å². The minimum absolute atomic E-state index is 0.0516. The Balaban J connectivity index is 1.92. The van der Waals surface area contributed by atoms with E-state index < -0.39 is 0 Å². The monoisotopic (exact) mass is 295 g/mol. The lowest BCUT2D eigenvalue weighted by molar-refractivity contribution is -0.120. The summed E-state index contributed by atoms with van der Waals surface area (Å²) < 4.78 is 7.08. The Morgan fingerprint density at radius 3 is 2.86 bits per heavy atom. The standard InChI is InChI=1S/C17H17N3O2/c1-2-22-12-17(21)19-14-8-4-3-7-13(14)15-11-20-10-6-5-9-16(20)18-15/h3-11H,2,12H2,1H3,(H,19,21). The molecule has 0 bridgehead atoms. The Bertz CT molecular complexity index is 762. The predicted octanol–water partition coefficient (Wildman–Crippen LogP) is 2.98. The van der Waals surface area contributed by atoms with Crippen LogP contribution in [0.2, 0.25) is 0 Å². The molecule has 3 aromatic rings. The Morgan fingerprint density at radius 2 is 2.05 bits per heavy atom. The van der Waals surface area contributed by atoms with Gasteiger partial charge in [0.05, 0.1) is 11.4 Å². The number of imidazole rings is 1. The van der Waals surface area contributed by atoms with Gasteiger partial charge in [0.25, 0.3) is 0 Å². The zero-order valence-corrected chi connectivity index (χ0v) is 12.3. The third-order valence-electron chi connectivity index (χ3n) is 3.28. The van der Waals surface area contributed by atoms with Gasteiger partial charge in [-0.2, -0.15) is 0 Å². The Labute approximate surface area is 128 Å². The van der Waals surface area contributed by atoms with E-state index in [1.807, 2.05) is 66.2 Å². The molecule has 0 unspecified atom stereocenters. The summed E-state index contributed by atoms with van der Waals surface area (Å²) in [5.74, 6) is -0.168. The molecule has 0 spiro atoms. The molecule has 0 atom stereocenters. The molecule has 3 rings (SSSR count). The molecule has 1 amide bonds. The lowest BCUT2D eigenvalue weighted by Crippen LogP contribution is -2.18. The number of carbonyl (C=O) groups excluding carboxylic acids is 1. The zero-order valence-electron chi connectivity index (χ0n) is 12.3. The van der Waals surface area contributed by atoms with Crippen molar-refractivity contribution in [3.63, 3.8) is 0 Å². The maximum absolute atomic E-state index is 11.9. The highest BCUT2D eigenvalue weighted by molar-refractivity contribution is 5.95. The largest absolute Gasteiger partial charge is 0.372 e. The fourth-order valence-electron chi connectivity index (χ4n) is 2.26. The quantitative estimate of drug-likeness (QED) is 0.787. The van der Waals surface area contributed by atoms with Crippen molar-refractivity contribution in [2.24, 2.45) is 0 Å². The number of ether oxygens (including phenoxy) is 1. The number of carbonyl (C=O) groups is 1. The van der Waals surface area contributed by atoms with Gasteiger partial charge in [-0.25, -0.2) is 4.98 Å². The van der Waals surface area contributed by atoms with Gasteiger partial charge in [-0.1, -0.05) is 24.3 Å². The van der Waals surface area contributed by atoms with E-state index >= 15 is 0 Å². The van der Waals surface area contributed by atoms with Crippen molar-refractivity contribution in [1.82, 2.24) is 9.38 Å². The number of nitrogens with one attached hydrogen (secondary N) is 1. The van der Waals surface area contributed by atoms with Gasteiger partial charge in [0.1, 0.15) is 12.3 Å². The zero-order chi connectivity index (χ0) is 15.4. The summed E-state index contributed by atoms with van der Waals surface area (Å²) >= 11 is 0. The number of pyridine rings is 1. The van der Waals surface area contributed by atoms with Crippen LogP contribution in [0.5, 0.6) is 0 Å². The summed E-state index contributed by atoms with van der Waals surface area (Å²) in [4.78, 5) is 16.5.